The highest BCUT2D eigenvalue weighted by molar-refractivity contribution is 9.10. The van der Waals surface area contributed by atoms with Crippen LogP contribution in [0.5, 0.6) is 11.5 Å². The minimum atomic E-state index is 0.0554. The van der Waals surface area contributed by atoms with E-state index in [0.717, 1.165) is 22.9 Å². The molecule has 0 spiro atoms. The van der Waals surface area contributed by atoms with Gasteiger partial charge in [-0.15, -0.1) is 0 Å². The molecule has 2 rings (SSSR count). The number of amides is 1. The maximum absolute atomic E-state index is 11.9. The first-order valence-electron chi connectivity index (χ1n) is 7.01. The van der Waals surface area contributed by atoms with Crippen LogP contribution in [0.1, 0.15) is 32.3 Å². The van der Waals surface area contributed by atoms with E-state index >= 15 is 0 Å². The van der Waals surface area contributed by atoms with Gasteiger partial charge in [-0.3, -0.25) is 4.79 Å². The maximum Gasteiger partial charge on any atom is 0.224 e. The maximum atomic E-state index is 11.9. The van der Waals surface area contributed by atoms with Crippen molar-refractivity contribution < 1.29 is 14.3 Å². The Hall–Kier alpha value is -1.23. The minimum Gasteiger partial charge on any atom is -0.490 e. The van der Waals surface area contributed by atoms with Gasteiger partial charge in [-0.1, -0.05) is 15.9 Å². The topological polar surface area (TPSA) is 47.6 Å². The molecular formula is C15H20BrNO3. The highest BCUT2D eigenvalue weighted by atomic mass is 79.9. The predicted molar refractivity (Wildman–Crippen MR) is 81.3 cm³/mol. The van der Waals surface area contributed by atoms with Gasteiger partial charge in [-0.2, -0.15) is 0 Å². The van der Waals surface area contributed by atoms with Crippen molar-refractivity contribution in [3.63, 3.8) is 0 Å². The summed E-state index contributed by atoms with van der Waals surface area (Å²) in [5.41, 5.74) is 0.912. The lowest BCUT2D eigenvalue weighted by molar-refractivity contribution is -0.120. The molecule has 5 heteroatoms. The number of nitrogens with one attached hydrogen (secondary N) is 1. The Kier molecular flexibility index (Phi) is 5.29. The Bertz CT molecular complexity index is 486. The van der Waals surface area contributed by atoms with E-state index in [1.54, 1.807) is 0 Å². The van der Waals surface area contributed by atoms with Gasteiger partial charge in [0.15, 0.2) is 11.5 Å². The molecule has 1 saturated carbocycles. The standard InChI is InChI=1S/C15H20BrNO3/c1-3-19-13-7-10(8-15(18)17-11-5-6-11)12(16)9-14(13)20-4-2/h7,9,11H,3-6,8H2,1-2H3,(H,17,18). The van der Waals surface area contributed by atoms with Crippen molar-refractivity contribution in [2.75, 3.05) is 13.2 Å². The summed E-state index contributed by atoms with van der Waals surface area (Å²) in [6.45, 7) is 5.00. The fraction of sp³-hybridized carbons (Fsp3) is 0.533. The van der Waals surface area contributed by atoms with Crippen molar-refractivity contribution >= 4 is 21.8 Å². The van der Waals surface area contributed by atoms with Crippen LogP contribution in [0.3, 0.4) is 0 Å². The van der Waals surface area contributed by atoms with Crippen molar-refractivity contribution in [2.24, 2.45) is 0 Å². The fourth-order valence-electron chi connectivity index (χ4n) is 1.93. The lowest BCUT2D eigenvalue weighted by Crippen LogP contribution is -2.27. The molecule has 1 aromatic rings. The van der Waals surface area contributed by atoms with E-state index in [4.69, 9.17) is 9.47 Å². The summed E-state index contributed by atoms with van der Waals surface area (Å²) < 4.78 is 12.0. The van der Waals surface area contributed by atoms with Crippen LogP contribution in [0.15, 0.2) is 16.6 Å². The van der Waals surface area contributed by atoms with E-state index in [0.29, 0.717) is 37.2 Å². The quantitative estimate of drug-likeness (QED) is 0.828. The van der Waals surface area contributed by atoms with E-state index in [1.165, 1.54) is 0 Å². The SMILES string of the molecule is CCOc1cc(Br)c(CC(=O)NC2CC2)cc1OCC. The smallest absolute Gasteiger partial charge is 0.224 e. The first kappa shape index (κ1) is 15.2. The second kappa shape index (κ2) is 6.97. The molecule has 0 atom stereocenters. The monoisotopic (exact) mass is 341 g/mol. The molecule has 20 heavy (non-hydrogen) atoms. The molecule has 0 unspecified atom stereocenters. The summed E-state index contributed by atoms with van der Waals surface area (Å²) in [6, 6.07) is 4.13. The Labute approximate surface area is 128 Å². The third kappa shape index (κ3) is 4.13. The zero-order valence-corrected chi connectivity index (χ0v) is 13.5. The Morgan fingerprint density at radius 2 is 1.85 bits per heavy atom. The van der Waals surface area contributed by atoms with E-state index < -0.39 is 0 Å². The molecule has 0 bridgehead atoms. The summed E-state index contributed by atoms with van der Waals surface area (Å²) >= 11 is 3.50. The molecule has 1 aliphatic carbocycles. The summed E-state index contributed by atoms with van der Waals surface area (Å²) in [5.74, 6) is 1.44. The normalized spacial score (nSPS) is 13.9. The van der Waals surface area contributed by atoms with Crippen molar-refractivity contribution in [2.45, 2.75) is 39.2 Å². The van der Waals surface area contributed by atoms with Crippen LogP contribution in [0.25, 0.3) is 0 Å². The van der Waals surface area contributed by atoms with Gasteiger partial charge in [-0.25, -0.2) is 0 Å². The number of rotatable bonds is 7. The number of halogens is 1. The van der Waals surface area contributed by atoms with Gasteiger partial charge >= 0.3 is 0 Å². The summed E-state index contributed by atoms with van der Waals surface area (Å²) in [7, 11) is 0. The van der Waals surface area contributed by atoms with Crippen LogP contribution >= 0.6 is 15.9 Å². The number of benzene rings is 1. The van der Waals surface area contributed by atoms with Gasteiger partial charge in [0.2, 0.25) is 5.91 Å². The van der Waals surface area contributed by atoms with Crippen LogP contribution in [-0.2, 0) is 11.2 Å². The van der Waals surface area contributed by atoms with Crippen molar-refractivity contribution in [1.29, 1.82) is 0 Å². The van der Waals surface area contributed by atoms with Gasteiger partial charge in [0.1, 0.15) is 0 Å². The highest BCUT2D eigenvalue weighted by Crippen LogP contribution is 2.34. The van der Waals surface area contributed by atoms with Gasteiger partial charge in [0.25, 0.3) is 0 Å². The van der Waals surface area contributed by atoms with E-state index in [2.05, 4.69) is 21.2 Å². The van der Waals surface area contributed by atoms with Crippen LogP contribution < -0.4 is 14.8 Å². The second-order valence-electron chi connectivity index (χ2n) is 4.77. The zero-order valence-electron chi connectivity index (χ0n) is 11.9. The van der Waals surface area contributed by atoms with Crippen molar-refractivity contribution in [1.82, 2.24) is 5.32 Å². The van der Waals surface area contributed by atoms with Crippen molar-refractivity contribution in [3.05, 3.63) is 22.2 Å². The second-order valence-corrected chi connectivity index (χ2v) is 5.63. The Morgan fingerprint density at radius 3 is 2.40 bits per heavy atom. The van der Waals surface area contributed by atoms with E-state index in [-0.39, 0.29) is 5.91 Å². The summed E-state index contributed by atoms with van der Waals surface area (Å²) in [4.78, 5) is 11.9. The molecule has 1 amide bonds. The molecular weight excluding hydrogens is 322 g/mol. The molecule has 0 aliphatic heterocycles. The van der Waals surface area contributed by atoms with Gasteiger partial charge in [0.05, 0.1) is 19.6 Å². The van der Waals surface area contributed by atoms with Crippen LogP contribution in [0.2, 0.25) is 0 Å². The molecule has 110 valence electrons. The molecule has 1 aliphatic rings. The summed E-state index contributed by atoms with van der Waals surface area (Å²) in [6.07, 6.45) is 2.55. The van der Waals surface area contributed by atoms with Crippen LogP contribution in [-0.4, -0.2) is 25.2 Å². The molecule has 0 heterocycles. The average molecular weight is 342 g/mol. The first-order chi connectivity index (χ1) is 9.63. The molecule has 0 radical (unpaired) electrons. The average Bonchev–Trinajstić information content (AvgIpc) is 3.19. The summed E-state index contributed by atoms with van der Waals surface area (Å²) in [5, 5.41) is 2.99. The zero-order chi connectivity index (χ0) is 14.5. The third-order valence-electron chi connectivity index (χ3n) is 3.01. The molecule has 1 N–H and O–H groups in total. The number of carbonyl (C=O) groups is 1. The lowest BCUT2D eigenvalue weighted by atomic mass is 10.1. The van der Waals surface area contributed by atoms with E-state index in [1.807, 2.05) is 26.0 Å². The molecule has 0 aromatic heterocycles. The van der Waals surface area contributed by atoms with Crippen molar-refractivity contribution in [3.8, 4) is 11.5 Å². The molecule has 4 nitrogen and oxygen atoms in total. The van der Waals surface area contributed by atoms with Crippen LogP contribution in [0, 0.1) is 0 Å². The Balaban J connectivity index is 2.14. The fourth-order valence-corrected chi connectivity index (χ4v) is 2.39. The number of hydrogen-bond acceptors (Lipinski definition) is 3. The largest absolute Gasteiger partial charge is 0.490 e. The van der Waals surface area contributed by atoms with Gasteiger partial charge in [0, 0.05) is 10.5 Å². The highest BCUT2D eigenvalue weighted by Gasteiger charge is 2.23. The number of hydrogen-bond donors (Lipinski definition) is 1. The van der Waals surface area contributed by atoms with Gasteiger partial charge in [-0.05, 0) is 44.4 Å². The third-order valence-corrected chi connectivity index (χ3v) is 3.74. The lowest BCUT2D eigenvalue weighted by Gasteiger charge is -2.14. The van der Waals surface area contributed by atoms with E-state index in [9.17, 15) is 4.79 Å². The molecule has 1 fully saturated rings. The first-order valence-corrected chi connectivity index (χ1v) is 7.80. The number of carbonyl (C=O) groups excluding carboxylic acids is 1. The molecule has 1 aromatic carbocycles. The molecule has 0 saturated heterocycles. The van der Waals surface area contributed by atoms with Gasteiger partial charge < -0.3 is 14.8 Å². The Morgan fingerprint density at radius 1 is 1.25 bits per heavy atom. The minimum absolute atomic E-state index is 0.0554. The number of ether oxygens (including phenoxy) is 2. The van der Waals surface area contributed by atoms with Crippen LogP contribution in [0.4, 0.5) is 0 Å². The predicted octanol–water partition coefficient (Wildman–Crippen LogP) is 3.07.